The Labute approximate surface area is 218 Å². The lowest BCUT2D eigenvalue weighted by molar-refractivity contribution is -0.151. The molecule has 0 spiro atoms. The van der Waals surface area contributed by atoms with E-state index in [0.29, 0.717) is 19.6 Å². The van der Waals surface area contributed by atoms with E-state index in [2.05, 4.69) is 63.0 Å². The number of carboxylic acid groups (broad SMARTS) is 1. The SMILES string of the molecule is O=C(O)[C@H](Cc1ccc(OCCn2c3ccccc3c3cc(Br)ccc32)cc1)OCc1ccccc1. The smallest absolute Gasteiger partial charge is 0.333 e. The minimum absolute atomic E-state index is 0.263. The number of ether oxygens (including phenoxy) is 2. The Morgan fingerprint density at radius 2 is 1.56 bits per heavy atom. The monoisotopic (exact) mass is 543 g/mol. The second-order valence-corrected chi connectivity index (χ2v) is 9.57. The summed E-state index contributed by atoms with van der Waals surface area (Å²) in [5.74, 6) is -0.219. The van der Waals surface area contributed by atoms with Crippen molar-refractivity contribution in [3.05, 3.63) is 113 Å². The van der Waals surface area contributed by atoms with Gasteiger partial charge in [-0.25, -0.2) is 4.79 Å². The summed E-state index contributed by atoms with van der Waals surface area (Å²) in [4.78, 5) is 11.7. The number of aromatic nitrogens is 1. The van der Waals surface area contributed by atoms with E-state index in [0.717, 1.165) is 21.3 Å². The van der Waals surface area contributed by atoms with Crippen molar-refractivity contribution in [3.8, 4) is 5.75 Å². The van der Waals surface area contributed by atoms with Crippen LogP contribution in [0.3, 0.4) is 0 Å². The van der Waals surface area contributed by atoms with Gasteiger partial charge in [0.2, 0.25) is 0 Å². The van der Waals surface area contributed by atoms with Crippen molar-refractivity contribution in [3.63, 3.8) is 0 Å². The number of fused-ring (bicyclic) bond motifs is 3. The van der Waals surface area contributed by atoms with Gasteiger partial charge in [-0.3, -0.25) is 0 Å². The van der Waals surface area contributed by atoms with Crippen LogP contribution in [0.25, 0.3) is 21.8 Å². The number of halogens is 1. The van der Waals surface area contributed by atoms with Gasteiger partial charge < -0.3 is 19.1 Å². The van der Waals surface area contributed by atoms with Crippen LogP contribution in [0.4, 0.5) is 0 Å². The number of carbonyl (C=O) groups is 1. The summed E-state index contributed by atoms with van der Waals surface area (Å²) >= 11 is 3.58. The first-order chi connectivity index (χ1) is 17.6. The molecule has 0 aliphatic heterocycles. The predicted octanol–water partition coefficient (Wildman–Crippen LogP) is 6.85. The third-order valence-corrected chi connectivity index (χ3v) is 6.73. The molecule has 0 aliphatic rings. The number of rotatable bonds is 10. The Morgan fingerprint density at radius 1 is 0.833 bits per heavy atom. The minimum Gasteiger partial charge on any atom is -0.492 e. The summed E-state index contributed by atoms with van der Waals surface area (Å²) < 4.78 is 15.1. The van der Waals surface area contributed by atoms with Gasteiger partial charge in [0.1, 0.15) is 12.4 Å². The fourth-order valence-electron chi connectivity index (χ4n) is 4.45. The number of hydrogen-bond donors (Lipinski definition) is 1. The molecular weight excluding hydrogens is 518 g/mol. The average Bonchev–Trinajstić information content (AvgIpc) is 3.20. The minimum atomic E-state index is -0.968. The van der Waals surface area contributed by atoms with Gasteiger partial charge >= 0.3 is 5.97 Å². The highest BCUT2D eigenvalue weighted by Crippen LogP contribution is 2.31. The molecule has 4 aromatic carbocycles. The number of hydrogen-bond acceptors (Lipinski definition) is 3. The molecule has 0 unspecified atom stereocenters. The Morgan fingerprint density at radius 3 is 2.33 bits per heavy atom. The normalized spacial score (nSPS) is 12.1. The second kappa shape index (κ2) is 11.0. The van der Waals surface area contributed by atoms with E-state index in [-0.39, 0.29) is 6.61 Å². The summed E-state index contributed by atoms with van der Waals surface area (Å²) in [5.41, 5.74) is 4.19. The Hall–Kier alpha value is -3.61. The van der Waals surface area contributed by atoms with E-state index in [4.69, 9.17) is 9.47 Å². The molecule has 0 amide bonds. The highest BCUT2D eigenvalue weighted by Gasteiger charge is 2.19. The summed E-state index contributed by atoms with van der Waals surface area (Å²) in [6, 6.07) is 31.9. The molecule has 0 radical (unpaired) electrons. The van der Waals surface area contributed by atoms with Crippen LogP contribution in [-0.2, 0) is 29.1 Å². The molecule has 0 aliphatic carbocycles. The van der Waals surface area contributed by atoms with Crippen molar-refractivity contribution in [2.24, 2.45) is 0 Å². The van der Waals surface area contributed by atoms with Crippen LogP contribution in [0.1, 0.15) is 11.1 Å². The Kier molecular flexibility index (Phi) is 7.35. The molecule has 182 valence electrons. The van der Waals surface area contributed by atoms with Crippen LogP contribution in [0, 0.1) is 0 Å². The number of para-hydroxylation sites is 1. The maximum Gasteiger partial charge on any atom is 0.333 e. The van der Waals surface area contributed by atoms with Crippen molar-refractivity contribution < 1.29 is 19.4 Å². The van der Waals surface area contributed by atoms with Crippen LogP contribution >= 0.6 is 15.9 Å². The maximum absolute atomic E-state index is 11.7. The van der Waals surface area contributed by atoms with Gasteiger partial charge in [-0.15, -0.1) is 0 Å². The quantitative estimate of drug-likeness (QED) is 0.209. The van der Waals surface area contributed by atoms with Gasteiger partial charge in [0.15, 0.2) is 6.10 Å². The number of nitrogens with zero attached hydrogens (tertiary/aromatic N) is 1. The van der Waals surface area contributed by atoms with Gasteiger partial charge in [-0.1, -0.05) is 76.6 Å². The van der Waals surface area contributed by atoms with Gasteiger partial charge in [0.25, 0.3) is 0 Å². The molecule has 1 heterocycles. The molecule has 0 saturated carbocycles. The topological polar surface area (TPSA) is 60.7 Å². The van der Waals surface area contributed by atoms with Gasteiger partial charge in [-0.2, -0.15) is 0 Å². The summed E-state index contributed by atoms with van der Waals surface area (Å²) in [6.45, 7) is 1.49. The Bertz CT molecular complexity index is 1480. The maximum atomic E-state index is 11.7. The van der Waals surface area contributed by atoms with Crippen LogP contribution in [0.2, 0.25) is 0 Å². The van der Waals surface area contributed by atoms with Crippen LogP contribution in [-0.4, -0.2) is 28.4 Å². The molecule has 5 rings (SSSR count). The van der Waals surface area contributed by atoms with Gasteiger partial charge in [0, 0.05) is 32.7 Å². The lowest BCUT2D eigenvalue weighted by atomic mass is 10.1. The van der Waals surface area contributed by atoms with E-state index in [1.807, 2.05) is 54.6 Å². The Balaban J connectivity index is 1.21. The number of benzene rings is 4. The van der Waals surface area contributed by atoms with E-state index >= 15 is 0 Å². The van der Waals surface area contributed by atoms with Crippen molar-refractivity contribution in [2.75, 3.05) is 6.61 Å². The van der Waals surface area contributed by atoms with Crippen molar-refractivity contribution >= 4 is 43.7 Å². The predicted molar refractivity (Wildman–Crippen MR) is 145 cm³/mol. The molecule has 36 heavy (non-hydrogen) atoms. The largest absolute Gasteiger partial charge is 0.492 e. The molecule has 0 fully saturated rings. The fourth-order valence-corrected chi connectivity index (χ4v) is 4.81. The third kappa shape index (κ3) is 5.45. The first kappa shape index (κ1) is 24.1. The van der Waals surface area contributed by atoms with Gasteiger partial charge in [-0.05, 0) is 47.5 Å². The molecule has 6 heteroatoms. The highest BCUT2D eigenvalue weighted by molar-refractivity contribution is 9.10. The zero-order chi connectivity index (χ0) is 24.9. The summed E-state index contributed by atoms with van der Waals surface area (Å²) in [7, 11) is 0. The summed E-state index contributed by atoms with van der Waals surface area (Å²) in [5, 5.41) is 12.0. The summed E-state index contributed by atoms with van der Waals surface area (Å²) in [6.07, 6.45) is -0.619. The van der Waals surface area contributed by atoms with Crippen LogP contribution in [0.5, 0.6) is 5.75 Å². The molecule has 5 aromatic rings. The number of aliphatic carboxylic acids is 1. The lowest BCUT2D eigenvalue weighted by Crippen LogP contribution is -2.26. The molecular formula is C30H26BrNO4. The van der Waals surface area contributed by atoms with Crippen LogP contribution < -0.4 is 4.74 Å². The first-order valence-electron chi connectivity index (χ1n) is 11.8. The zero-order valence-corrected chi connectivity index (χ0v) is 21.2. The van der Waals surface area contributed by atoms with Crippen LogP contribution in [0.15, 0.2) is 102 Å². The highest BCUT2D eigenvalue weighted by atomic mass is 79.9. The van der Waals surface area contributed by atoms with E-state index in [9.17, 15) is 9.90 Å². The standard InChI is InChI=1S/C30H26BrNO4/c31-23-12-15-28-26(19-23)25-8-4-5-9-27(25)32(28)16-17-35-24-13-10-21(11-14-24)18-29(30(33)34)36-20-22-6-2-1-3-7-22/h1-15,19,29H,16-18,20H2,(H,33,34)/t29-/m0/s1. The van der Waals surface area contributed by atoms with Crippen molar-refractivity contribution in [1.29, 1.82) is 0 Å². The molecule has 0 bridgehead atoms. The van der Waals surface area contributed by atoms with E-state index in [1.165, 1.54) is 21.8 Å². The van der Waals surface area contributed by atoms with E-state index < -0.39 is 12.1 Å². The number of carboxylic acids is 1. The first-order valence-corrected chi connectivity index (χ1v) is 12.6. The van der Waals surface area contributed by atoms with Gasteiger partial charge in [0.05, 0.1) is 13.2 Å². The van der Waals surface area contributed by atoms with Crippen molar-refractivity contribution in [2.45, 2.75) is 25.7 Å². The molecule has 1 N–H and O–H groups in total. The molecule has 1 atom stereocenters. The average molecular weight is 544 g/mol. The van der Waals surface area contributed by atoms with Crippen molar-refractivity contribution in [1.82, 2.24) is 4.57 Å². The third-order valence-electron chi connectivity index (χ3n) is 6.23. The molecule has 0 saturated heterocycles. The fraction of sp³-hybridized carbons (Fsp3) is 0.167. The molecule has 1 aromatic heterocycles. The lowest BCUT2D eigenvalue weighted by Gasteiger charge is -2.14. The van der Waals surface area contributed by atoms with E-state index in [1.54, 1.807) is 0 Å². The second-order valence-electron chi connectivity index (χ2n) is 8.65. The zero-order valence-electron chi connectivity index (χ0n) is 19.6. The molecule has 5 nitrogen and oxygen atoms in total.